The van der Waals surface area contributed by atoms with Crippen molar-refractivity contribution in [3.05, 3.63) is 48.5 Å². The highest BCUT2D eigenvalue weighted by atomic mass is 16.2. The fourth-order valence-electron chi connectivity index (χ4n) is 1.13. The van der Waals surface area contributed by atoms with Gasteiger partial charge in [0.2, 0.25) is 0 Å². The Labute approximate surface area is 98.2 Å². The molecule has 0 heterocycles. The first-order chi connectivity index (χ1) is 7.97. The van der Waals surface area contributed by atoms with E-state index >= 15 is 0 Å². The van der Waals surface area contributed by atoms with Crippen molar-refractivity contribution in [3.63, 3.8) is 0 Å². The SMILES string of the molecule is CC.CO.CO.c1ccc2ccccc2c1. The van der Waals surface area contributed by atoms with Crippen molar-refractivity contribution in [1.82, 2.24) is 0 Å². The fraction of sp³-hybridized carbons (Fsp3) is 0.286. The van der Waals surface area contributed by atoms with Crippen LogP contribution in [0.2, 0.25) is 0 Å². The van der Waals surface area contributed by atoms with Gasteiger partial charge in [0.1, 0.15) is 0 Å². The quantitative estimate of drug-likeness (QED) is 0.719. The van der Waals surface area contributed by atoms with Crippen molar-refractivity contribution >= 4 is 10.8 Å². The zero-order valence-corrected chi connectivity index (χ0v) is 10.5. The maximum atomic E-state index is 7.00. The molecule has 2 rings (SSSR count). The van der Waals surface area contributed by atoms with Crippen LogP contribution in [0, 0.1) is 0 Å². The number of aliphatic hydroxyl groups is 2. The summed E-state index contributed by atoms with van der Waals surface area (Å²) in [5.41, 5.74) is 0. The standard InChI is InChI=1S/C10H8.C2H6.2CH4O/c1-2-6-10-8-4-3-7-9(10)5-1;3*1-2/h1-8H;1-2H3;2*2H,1H3. The lowest BCUT2D eigenvalue weighted by Crippen LogP contribution is -1.67. The first kappa shape index (κ1) is 17.0. The van der Waals surface area contributed by atoms with Gasteiger partial charge >= 0.3 is 0 Å². The van der Waals surface area contributed by atoms with Crippen molar-refractivity contribution in [2.24, 2.45) is 0 Å². The molecule has 0 unspecified atom stereocenters. The van der Waals surface area contributed by atoms with Crippen LogP contribution in [0.5, 0.6) is 0 Å². The number of hydrogen-bond donors (Lipinski definition) is 2. The van der Waals surface area contributed by atoms with Gasteiger partial charge in [-0.2, -0.15) is 0 Å². The maximum Gasteiger partial charge on any atom is 0.0319 e. The molecule has 0 aliphatic rings. The third-order valence-corrected chi connectivity index (χ3v) is 1.66. The van der Waals surface area contributed by atoms with Crippen LogP contribution in [0.15, 0.2) is 48.5 Å². The van der Waals surface area contributed by atoms with E-state index in [4.69, 9.17) is 10.2 Å². The summed E-state index contributed by atoms with van der Waals surface area (Å²) in [5.74, 6) is 0. The minimum Gasteiger partial charge on any atom is -0.400 e. The number of fused-ring (bicyclic) bond motifs is 1. The molecule has 2 heteroatoms. The number of benzene rings is 2. The van der Waals surface area contributed by atoms with Gasteiger partial charge < -0.3 is 10.2 Å². The van der Waals surface area contributed by atoms with Gasteiger partial charge in [0, 0.05) is 14.2 Å². The average Bonchev–Trinajstić information content (AvgIpc) is 2.45. The normalized spacial score (nSPS) is 7.38. The minimum absolute atomic E-state index is 1.00. The van der Waals surface area contributed by atoms with Gasteiger partial charge in [0.25, 0.3) is 0 Å². The number of aliphatic hydroxyl groups excluding tert-OH is 2. The highest BCUT2D eigenvalue weighted by Gasteiger charge is 1.85. The molecule has 0 aliphatic heterocycles. The third kappa shape index (κ3) is 6.17. The summed E-state index contributed by atoms with van der Waals surface area (Å²) in [4.78, 5) is 0. The largest absolute Gasteiger partial charge is 0.400 e. The molecular weight excluding hydrogens is 200 g/mol. The summed E-state index contributed by atoms with van der Waals surface area (Å²) in [6.07, 6.45) is 0. The lowest BCUT2D eigenvalue weighted by molar-refractivity contribution is 0.399. The molecule has 0 radical (unpaired) electrons. The molecule has 0 atom stereocenters. The molecule has 0 aromatic heterocycles. The van der Waals surface area contributed by atoms with Gasteiger partial charge in [-0.3, -0.25) is 0 Å². The summed E-state index contributed by atoms with van der Waals surface area (Å²) < 4.78 is 0. The predicted octanol–water partition coefficient (Wildman–Crippen LogP) is 3.08. The Morgan fingerprint density at radius 2 is 0.750 bits per heavy atom. The highest BCUT2D eigenvalue weighted by molar-refractivity contribution is 5.81. The molecule has 2 aromatic rings. The molecule has 0 amide bonds. The van der Waals surface area contributed by atoms with E-state index in [9.17, 15) is 0 Å². The summed E-state index contributed by atoms with van der Waals surface area (Å²) >= 11 is 0. The van der Waals surface area contributed by atoms with Crippen LogP contribution in [0.4, 0.5) is 0 Å². The Bertz CT molecular complexity index is 280. The maximum absolute atomic E-state index is 7.00. The number of hydrogen-bond acceptors (Lipinski definition) is 2. The zero-order valence-electron chi connectivity index (χ0n) is 10.5. The smallest absolute Gasteiger partial charge is 0.0319 e. The topological polar surface area (TPSA) is 40.5 Å². The van der Waals surface area contributed by atoms with E-state index in [1.54, 1.807) is 0 Å². The van der Waals surface area contributed by atoms with Crippen LogP contribution in [0.3, 0.4) is 0 Å². The second-order valence-electron chi connectivity index (χ2n) is 2.35. The predicted molar refractivity (Wildman–Crippen MR) is 71.6 cm³/mol. The lowest BCUT2D eigenvalue weighted by atomic mass is 10.1. The van der Waals surface area contributed by atoms with E-state index in [0.717, 1.165) is 14.2 Å². The van der Waals surface area contributed by atoms with Crippen LogP contribution in [-0.2, 0) is 0 Å². The first-order valence-corrected chi connectivity index (χ1v) is 5.30. The highest BCUT2D eigenvalue weighted by Crippen LogP contribution is 2.11. The average molecular weight is 222 g/mol. The van der Waals surface area contributed by atoms with Crippen molar-refractivity contribution in [1.29, 1.82) is 0 Å². The fourth-order valence-corrected chi connectivity index (χ4v) is 1.13. The van der Waals surface area contributed by atoms with Crippen LogP contribution < -0.4 is 0 Å². The molecule has 0 spiro atoms. The Morgan fingerprint density at radius 1 is 0.562 bits per heavy atom. The van der Waals surface area contributed by atoms with Gasteiger partial charge in [-0.1, -0.05) is 62.4 Å². The summed E-state index contributed by atoms with van der Waals surface area (Å²) in [6, 6.07) is 16.7. The van der Waals surface area contributed by atoms with Crippen LogP contribution in [-0.4, -0.2) is 24.4 Å². The summed E-state index contributed by atoms with van der Waals surface area (Å²) in [5, 5.41) is 16.6. The van der Waals surface area contributed by atoms with Crippen LogP contribution in [0.25, 0.3) is 10.8 Å². The molecule has 2 N–H and O–H groups in total. The van der Waals surface area contributed by atoms with E-state index < -0.39 is 0 Å². The molecular formula is C14H22O2. The van der Waals surface area contributed by atoms with Crippen LogP contribution in [0.1, 0.15) is 13.8 Å². The molecule has 0 fully saturated rings. The lowest BCUT2D eigenvalue weighted by Gasteiger charge is -1.92. The minimum atomic E-state index is 1.00. The summed E-state index contributed by atoms with van der Waals surface area (Å²) in [7, 11) is 2.00. The second-order valence-corrected chi connectivity index (χ2v) is 2.35. The van der Waals surface area contributed by atoms with E-state index in [2.05, 4.69) is 48.5 Å². The van der Waals surface area contributed by atoms with Crippen molar-refractivity contribution < 1.29 is 10.2 Å². The van der Waals surface area contributed by atoms with Crippen LogP contribution >= 0.6 is 0 Å². The zero-order chi connectivity index (χ0) is 12.8. The molecule has 0 saturated carbocycles. The molecule has 90 valence electrons. The molecule has 0 bridgehead atoms. The first-order valence-electron chi connectivity index (χ1n) is 5.30. The number of rotatable bonds is 0. The van der Waals surface area contributed by atoms with Crippen molar-refractivity contribution in [2.75, 3.05) is 14.2 Å². The van der Waals surface area contributed by atoms with E-state index in [0.29, 0.717) is 0 Å². The molecule has 2 nitrogen and oxygen atoms in total. The Hall–Kier alpha value is -1.38. The van der Waals surface area contributed by atoms with Crippen molar-refractivity contribution in [2.45, 2.75) is 13.8 Å². The second kappa shape index (κ2) is 13.6. The Balaban J connectivity index is 0. The van der Waals surface area contributed by atoms with Crippen molar-refractivity contribution in [3.8, 4) is 0 Å². The Kier molecular flexibility index (Phi) is 14.5. The van der Waals surface area contributed by atoms with Gasteiger partial charge in [0.05, 0.1) is 0 Å². The monoisotopic (exact) mass is 222 g/mol. The van der Waals surface area contributed by atoms with Gasteiger partial charge in [-0.05, 0) is 10.8 Å². The van der Waals surface area contributed by atoms with Gasteiger partial charge in [-0.15, -0.1) is 0 Å². The molecule has 16 heavy (non-hydrogen) atoms. The van der Waals surface area contributed by atoms with Gasteiger partial charge in [0.15, 0.2) is 0 Å². The summed E-state index contributed by atoms with van der Waals surface area (Å²) in [6.45, 7) is 4.00. The molecule has 2 aromatic carbocycles. The van der Waals surface area contributed by atoms with E-state index in [1.807, 2.05) is 13.8 Å². The van der Waals surface area contributed by atoms with E-state index in [1.165, 1.54) is 10.8 Å². The molecule has 0 saturated heterocycles. The molecule has 0 aliphatic carbocycles. The third-order valence-electron chi connectivity index (χ3n) is 1.66. The van der Waals surface area contributed by atoms with E-state index in [-0.39, 0.29) is 0 Å². The Morgan fingerprint density at radius 3 is 0.938 bits per heavy atom. The van der Waals surface area contributed by atoms with Gasteiger partial charge in [-0.25, -0.2) is 0 Å².